The number of phenolic OH excluding ortho intramolecular Hbond substituents is 1. The topological polar surface area (TPSA) is 107 Å². The van der Waals surface area contributed by atoms with Crippen molar-refractivity contribution in [2.24, 2.45) is 11.3 Å². The van der Waals surface area contributed by atoms with Crippen molar-refractivity contribution in [3.8, 4) is 11.4 Å². The summed E-state index contributed by atoms with van der Waals surface area (Å²) in [5.74, 6) is -1.91. The van der Waals surface area contributed by atoms with E-state index in [0.29, 0.717) is 16.8 Å². The van der Waals surface area contributed by atoms with E-state index in [4.69, 9.17) is 0 Å². The first-order chi connectivity index (χ1) is 21.3. The van der Waals surface area contributed by atoms with Crippen LogP contribution in [0.3, 0.4) is 0 Å². The molecule has 3 heterocycles. The number of phenols is 1. The molecule has 218 valence electrons. The predicted octanol–water partition coefficient (Wildman–Crippen LogP) is 4.52. The summed E-state index contributed by atoms with van der Waals surface area (Å²) in [5.41, 5.74) is 0.398. The Bertz CT molecular complexity index is 2160. The van der Waals surface area contributed by atoms with E-state index in [1.165, 1.54) is 14.3 Å². The van der Waals surface area contributed by atoms with E-state index in [0.717, 1.165) is 21.1 Å². The van der Waals surface area contributed by atoms with Gasteiger partial charge in [0.05, 0.1) is 35.3 Å². The fourth-order valence-electron chi connectivity index (χ4n) is 7.80. The van der Waals surface area contributed by atoms with Gasteiger partial charge in [0.25, 0.3) is 0 Å². The van der Waals surface area contributed by atoms with Gasteiger partial charge in [-0.05, 0) is 60.2 Å². The van der Waals surface area contributed by atoms with Crippen LogP contribution in [0.4, 0.5) is 5.69 Å². The Hall–Kier alpha value is -5.44. The quantitative estimate of drug-likeness (QED) is 0.248. The Morgan fingerprint density at radius 1 is 0.750 bits per heavy atom. The number of aromatic nitrogens is 3. The average molecular weight is 585 g/mol. The van der Waals surface area contributed by atoms with Crippen LogP contribution in [0, 0.1) is 11.3 Å². The molecule has 5 aromatic rings. The van der Waals surface area contributed by atoms with E-state index in [-0.39, 0.29) is 30.5 Å². The number of nitrogens with zero attached hydrogens (tertiary/aromatic N) is 4. The monoisotopic (exact) mass is 584 g/mol. The van der Waals surface area contributed by atoms with E-state index in [9.17, 15) is 24.3 Å². The smallest absolute Gasteiger partial charge is 0.352 e. The maximum absolute atomic E-state index is 14.6. The molecule has 9 heteroatoms. The lowest BCUT2D eigenvalue weighted by Gasteiger charge is -2.47. The van der Waals surface area contributed by atoms with Crippen LogP contribution in [-0.4, -0.2) is 30.9 Å². The minimum atomic E-state index is -1.19. The lowest BCUT2D eigenvalue weighted by atomic mass is 9.56. The summed E-state index contributed by atoms with van der Waals surface area (Å²) in [5, 5.41) is 12.1. The van der Waals surface area contributed by atoms with Crippen molar-refractivity contribution in [3.05, 3.63) is 135 Å². The van der Waals surface area contributed by atoms with Gasteiger partial charge in [-0.3, -0.25) is 9.59 Å². The fraction of sp³-hybridized carbons (Fsp3) is 0.200. The van der Waals surface area contributed by atoms with Gasteiger partial charge in [0.15, 0.2) is 0 Å². The summed E-state index contributed by atoms with van der Waals surface area (Å²) in [7, 11) is 0. The number of carbonyl (C=O) groups excluding carboxylic acids is 2. The predicted molar refractivity (Wildman–Crippen MR) is 165 cm³/mol. The third-order valence-electron chi connectivity index (χ3n) is 9.81. The number of fused-ring (bicyclic) bond motifs is 5. The number of allylic oxidation sites excluding steroid dienone is 2. The van der Waals surface area contributed by atoms with Crippen LogP contribution in [-0.2, 0) is 16.1 Å². The van der Waals surface area contributed by atoms with Gasteiger partial charge in [-0.25, -0.2) is 28.4 Å². The van der Waals surface area contributed by atoms with Gasteiger partial charge < -0.3 is 5.11 Å². The van der Waals surface area contributed by atoms with Gasteiger partial charge in [-0.15, -0.1) is 0 Å². The number of amides is 2. The molecule has 2 fully saturated rings. The second-order valence-corrected chi connectivity index (χ2v) is 11.9. The van der Waals surface area contributed by atoms with Gasteiger partial charge in [-0.1, -0.05) is 72.8 Å². The van der Waals surface area contributed by atoms with Crippen molar-refractivity contribution in [2.75, 3.05) is 4.90 Å². The van der Waals surface area contributed by atoms with Crippen molar-refractivity contribution in [1.29, 1.82) is 0 Å². The summed E-state index contributed by atoms with van der Waals surface area (Å²) in [4.78, 5) is 57.9. The molecule has 0 radical (unpaired) electrons. The molecule has 1 aliphatic carbocycles. The highest BCUT2D eigenvalue weighted by Gasteiger charge is 2.65. The minimum absolute atomic E-state index is 0.112. The van der Waals surface area contributed by atoms with Crippen molar-refractivity contribution in [3.63, 3.8) is 0 Å². The van der Waals surface area contributed by atoms with Crippen LogP contribution in [0.25, 0.3) is 16.5 Å². The summed E-state index contributed by atoms with van der Waals surface area (Å²) in [6.45, 7) is 1.99. The van der Waals surface area contributed by atoms with E-state index < -0.39 is 34.7 Å². The summed E-state index contributed by atoms with van der Waals surface area (Å²) in [6, 6.07) is 27.9. The van der Waals surface area contributed by atoms with Gasteiger partial charge in [0.2, 0.25) is 11.8 Å². The lowest BCUT2D eigenvalue weighted by Crippen LogP contribution is -2.49. The zero-order valence-electron chi connectivity index (χ0n) is 23.8. The van der Waals surface area contributed by atoms with Gasteiger partial charge in [0, 0.05) is 11.3 Å². The highest BCUT2D eigenvalue weighted by molar-refractivity contribution is 6.24. The first-order valence-corrected chi connectivity index (χ1v) is 14.7. The molecular weight excluding hydrogens is 556 g/mol. The van der Waals surface area contributed by atoms with Crippen molar-refractivity contribution in [1.82, 2.24) is 13.9 Å². The first-order valence-electron chi connectivity index (χ1n) is 14.7. The Balaban J connectivity index is 1.39. The Kier molecular flexibility index (Phi) is 5.53. The number of rotatable bonds is 3. The van der Waals surface area contributed by atoms with Crippen molar-refractivity contribution in [2.45, 2.75) is 31.8 Å². The fourth-order valence-corrected chi connectivity index (χ4v) is 7.80. The standard InChI is InChI=1S/C35H28N4O5/c1-35-27(31(41)37(32(35)42)21-10-4-2-5-11-21)20-28-26(30(35)25-16-17-29(40)24-15-9-8-14-23(24)25)18-19-36-33(43)38(34(44)39(28)36)22-12-6-3-7-13-22/h2-18,27-28,30,40H,19-20H2,1H3/t27-,28+,30-,35+/m0/s1. The largest absolute Gasteiger partial charge is 0.507 e. The van der Waals surface area contributed by atoms with Gasteiger partial charge in [0.1, 0.15) is 5.75 Å². The van der Waals surface area contributed by atoms with Crippen LogP contribution in [0.15, 0.2) is 118 Å². The molecule has 3 aliphatic rings. The van der Waals surface area contributed by atoms with E-state index in [2.05, 4.69) is 0 Å². The molecule has 0 bridgehead atoms. The number of para-hydroxylation sites is 2. The number of hydrogen-bond acceptors (Lipinski definition) is 5. The van der Waals surface area contributed by atoms with Crippen LogP contribution in [0.1, 0.15) is 30.9 Å². The molecule has 4 atom stereocenters. The maximum Gasteiger partial charge on any atom is 0.352 e. The van der Waals surface area contributed by atoms with Crippen molar-refractivity contribution < 1.29 is 14.7 Å². The number of imide groups is 1. The SMILES string of the molecule is C[C@@]12C(=O)N(c3ccccc3)C(=O)[C@@H]1C[C@@H]1C(=CCn3c(=O)n(-c4ccccc4)c(=O)n31)[C@@H]2c1ccc(O)c2ccccc12. The molecule has 2 aliphatic heterocycles. The molecule has 0 spiro atoms. The highest BCUT2D eigenvalue weighted by atomic mass is 16.3. The Morgan fingerprint density at radius 2 is 1.39 bits per heavy atom. The molecule has 9 nitrogen and oxygen atoms in total. The van der Waals surface area contributed by atoms with Gasteiger partial charge in [-0.2, -0.15) is 0 Å². The molecular formula is C35H28N4O5. The summed E-state index contributed by atoms with van der Waals surface area (Å²) < 4.78 is 4.06. The lowest BCUT2D eigenvalue weighted by molar-refractivity contribution is -0.129. The third-order valence-corrected chi connectivity index (χ3v) is 9.81. The molecule has 2 amide bonds. The number of aromatic hydroxyl groups is 1. The van der Waals surface area contributed by atoms with Crippen LogP contribution < -0.4 is 16.3 Å². The van der Waals surface area contributed by atoms with E-state index >= 15 is 0 Å². The van der Waals surface area contributed by atoms with E-state index in [1.54, 1.807) is 54.6 Å². The maximum atomic E-state index is 14.6. The Labute approximate surface area is 251 Å². The first kappa shape index (κ1) is 26.2. The second kappa shape index (κ2) is 9.28. The van der Waals surface area contributed by atoms with Crippen LogP contribution in [0.5, 0.6) is 5.75 Å². The van der Waals surface area contributed by atoms with Crippen LogP contribution in [0.2, 0.25) is 0 Å². The normalized spacial score (nSPS) is 24.2. The second-order valence-electron chi connectivity index (χ2n) is 11.9. The van der Waals surface area contributed by atoms with Gasteiger partial charge >= 0.3 is 11.4 Å². The number of carbonyl (C=O) groups is 2. The molecule has 44 heavy (non-hydrogen) atoms. The van der Waals surface area contributed by atoms with Crippen LogP contribution >= 0.6 is 0 Å². The molecule has 1 aromatic heterocycles. The third kappa shape index (κ3) is 3.35. The molecule has 1 saturated carbocycles. The minimum Gasteiger partial charge on any atom is -0.507 e. The molecule has 1 N–H and O–H groups in total. The number of hydrogen-bond donors (Lipinski definition) is 1. The van der Waals surface area contributed by atoms with Crippen molar-refractivity contribution >= 4 is 28.3 Å². The average Bonchev–Trinajstić information content (AvgIpc) is 3.42. The molecule has 4 aromatic carbocycles. The number of anilines is 1. The van der Waals surface area contributed by atoms with E-state index in [1.807, 2.05) is 55.5 Å². The number of benzene rings is 4. The Morgan fingerprint density at radius 3 is 2.09 bits per heavy atom. The highest BCUT2D eigenvalue weighted by Crippen LogP contribution is 2.62. The zero-order chi connectivity index (χ0) is 30.3. The summed E-state index contributed by atoms with van der Waals surface area (Å²) >= 11 is 0. The molecule has 1 saturated heterocycles. The summed E-state index contributed by atoms with van der Waals surface area (Å²) in [6.07, 6.45) is 2.12. The zero-order valence-corrected chi connectivity index (χ0v) is 23.8. The molecule has 8 rings (SSSR count). The molecule has 0 unspecified atom stereocenters.